The van der Waals surface area contributed by atoms with Gasteiger partial charge in [0.1, 0.15) is 6.61 Å². The third-order valence-corrected chi connectivity index (χ3v) is 5.86. The number of ether oxygens (including phenoxy) is 6. The van der Waals surface area contributed by atoms with Crippen LogP contribution >= 0.6 is 0 Å². The van der Waals surface area contributed by atoms with E-state index in [0.29, 0.717) is 72.5 Å². The van der Waals surface area contributed by atoms with Crippen LogP contribution in [0.25, 0.3) is 0 Å². The zero-order valence-corrected chi connectivity index (χ0v) is 23.7. The predicted molar refractivity (Wildman–Crippen MR) is 146 cm³/mol. The van der Waals surface area contributed by atoms with Gasteiger partial charge in [0, 0.05) is 13.0 Å². The van der Waals surface area contributed by atoms with Crippen LogP contribution in [-0.2, 0) is 33.2 Å². The van der Waals surface area contributed by atoms with E-state index in [1.807, 2.05) is 0 Å². The SMILES string of the molecule is CCCCCCCCCCOCCOCCOCCOCCOCCOC(=O)CCCCCCCC. The minimum absolute atomic E-state index is 0.127. The molecule has 0 rings (SSSR count). The molecule has 0 aromatic heterocycles. The normalized spacial score (nSPS) is 11.3. The van der Waals surface area contributed by atoms with Gasteiger partial charge < -0.3 is 28.4 Å². The summed E-state index contributed by atoms with van der Waals surface area (Å²) in [7, 11) is 0. The number of carbonyl (C=O) groups is 1. The van der Waals surface area contributed by atoms with Gasteiger partial charge in [-0.1, -0.05) is 90.9 Å². The fourth-order valence-electron chi connectivity index (χ4n) is 3.66. The zero-order valence-electron chi connectivity index (χ0n) is 23.7. The molecule has 0 fully saturated rings. The van der Waals surface area contributed by atoms with Gasteiger partial charge in [-0.05, 0) is 12.8 Å². The number of unbranched alkanes of at least 4 members (excludes halogenated alkanes) is 12. The molecular weight excluding hydrogens is 460 g/mol. The predicted octanol–water partition coefficient (Wildman–Crippen LogP) is 6.50. The van der Waals surface area contributed by atoms with Gasteiger partial charge >= 0.3 is 5.97 Å². The molecular formula is C29H58O7. The van der Waals surface area contributed by atoms with Gasteiger partial charge in [0.15, 0.2) is 0 Å². The molecule has 0 N–H and O–H groups in total. The van der Waals surface area contributed by atoms with Crippen LogP contribution in [0, 0.1) is 0 Å². The van der Waals surface area contributed by atoms with Gasteiger partial charge in [0.25, 0.3) is 0 Å². The van der Waals surface area contributed by atoms with Crippen molar-refractivity contribution in [2.45, 2.75) is 110 Å². The minimum atomic E-state index is -0.127. The fourth-order valence-corrected chi connectivity index (χ4v) is 3.66. The fraction of sp³-hybridized carbons (Fsp3) is 0.966. The Kier molecular flexibility index (Phi) is 31.6. The summed E-state index contributed by atoms with van der Waals surface area (Å²) >= 11 is 0. The molecule has 0 aliphatic heterocycles. The van der Waals surface area contributed by atoms with Crippen LogP contribution in [0.4, 0.5) is 0 Å². The van der Waals surface area contributed by atoms with Crippen LogP contribution < -0.4 is 0 Å². The van der Waals surface area contributed by atoms with E-state index in [-0.39, 0.29) is 5.97 Å². The number of hydrogen-bond donors (Lipinski definition) is 0. The monoisotopic (exact) mass is 518 g/mol. The lowest BCUT2D eigenvalue weighted by molar-refractivity contribution is -0.145. The minimum Gasteiger partial charge on any atom is -0.463 e. The summed E-state index contributed by atoms with van der Waals surface area (Å²) in [6, 6.07) is 0. The number of carbonyl (C=O) groups excluding carboxylic acids is 1. The molecule has 0 aliphatic rings. The molecule has 0 saturated heterocycles. The Hall–Kier alpha value is -0.730. The maximum atomic E-state index is 11.6. The molecule has 0 aliphatic carbocycles. The number of rotatable bonds is 31. The van der Waals surface area contributed by atoms with Gasteiger partial charge in [0.2, 0.25) is 0 Å². The van der Waals surface area contributed by atoms with Crippen molar-refractivity contribution in [1.82, 2.24) is 0 Å². The molecule has 0 aromatic carbocycles. The Morgan fingerprint density at radius 2 is 0.722 bits per heavy atom. The van der Waals surface area contributed by atoms with E-state index in [1.54, 1.807) is 0 Å². The second kappa shape index (κ2) is 32.3. The van der Waals surface area contributed by atoms with Gasteiger partial charge in [-0.25, -0.2) is 0 Å². The van der Waals surface area contributed by atoms with Gasteiger partial charge in [-0.2, -0.15) is 0 Å². The summed E-state index contributed by atoms with van der Waals surface area (Å²) in [5.41, 5.74) is 0. The maximum absolute atomic E-state index is 11.6. The number of hydrogen-bond acceptors (Lipinski definition) is 7. The topological polar surface area (TPSA) is 72.5 Å². The van der Waals surface area contributed by atoms with Crippen molar-refractivity contribution in [1.29, 1.82) is 0 Å². The zero-order chi connectivity index (χ0) is 26.2. The lowest BCUT2D eigenvalue weighted by atomic mass is 10.1. The Morgan fingerprint density at radius 1 is 0.389 bits per heavy atom. The molecule has 0 unspecified atom stereocenters. The highest BCUT2D eigenvalue weighted by atomic mass is 16.6. The molecule has 0 bridgehead atoms. The first-order chi connectivity index (χ1) is 17.8. The van der Waals surface area contributed by atoms with Crippen molar-refractivity contribution < 1.29 is 33.2 Å². The van der Waals surface area contributed by atoms with E-state index >= 15 is 0 Å². The molecule has 216 valence electrons. The third kappa shape index (κ3) is 31.3. The highest BCUT2D eigenvalue weighted by Crippen LogP contribution is 2.08. The van der Waals surface area contributed by atoms with E-state index in [2.05, 4.69) is 13.8 Å². The molecule has 0 spiro atoms. The quantitative estimate of drug-likeness (QED) is 0.0765. The van der Waals surface area contributed by atoms with Gasteiger partial charge in [-0.3, -0.25) is 4.79 Å². The first-order valence-corrected chi connectivity index (χ1v) is 14.9. The molecule has 0 amide bonds. The van der Waals surface area contributed by atoms with Crippen LogP contribution in [0.5, 0.6) is 0 Å². The van der Waals surface area contributed by atoms with Crippen molar-refractivity contribution in [2.75, 3.05) is 72.7 Å². The van der Waals surface area contributed by atoms with Crippen molar-refractivity contribution in [3.63, 3.8) is 0 Å². The van der Waals surface area contributed by atoms with Crippen LogP contribution in [0.15, 0.2) is 0 Å². The lowest BCUT2D eigenvalue weighted by Gasteiger charge is -2.08. The first kappa shape index (κ1) is 35.3. The second-order valence-corrected chi connectivity index (χ2v) is 9.27. The van der Waals surface area contributed by atoms with E-state index in [1.165, 1.54) is 70.6 Å². The summed E-state index contributed by atoms with van der Waals surface area (Å²) in [4.78, 5) is 11.6. The van der Waals surface area contributed by atoms with Crippen molar-refractivity contribution in [3.05, 3.63) is 0 Å². The standard InChI is InChI=1S/C29H58O7/c1-3-5-7-9-11-12-14-16-18-31-19-20-32-21-22-33-23-24-34-25-26-35-27-28-36-29(30)17-15-13-10-8-6-4-2/h3-28H2,1-2H3. The van der Waals surface area contributed by atoms with E-state index in [4.69, 9.17) is 28.4 Å². The summed E-state index contributed by atoms with van der Waals surface area (Å²) in [5.74, 6) is -0.127. The molecule has 0 radical (unpaired) electrons. The van der Waals surface area contributed by atoms with Crippen LogP contribution in [-0.4, -0.2) is 78.6 Å². The lowest BCUT2D eigenvalue weighted by Crippen LogP contribution is -2.15. The van der Waals surface area contributed by atoms with E-state index in [9.17, 15) is 4.79 Å². The maximum Gasteiger partial charge on any atom is 0.305 e. The molecule has 0 saturated carbocycles. The molecule has 36 heavy (non-hydrogen) atoms. The first-order valence-electron chi connectivity index (χ1n) is 14.9. The molecule has 0 heterocycles. The van der Waals surface area contributed by atoms with Crippen LogP contribution in [0.1, 0.15) is 110 Å². The van der Waals surface area contributed by atoms with E-state index in [0.717, 1.165) is 25.9 Å². The average molecular weight is 519 g/mol. The molecule has 0 atom stereocenters. The molecule has 0 aromatic rings. The van der Waals surface area contributed by atoms with E-state index < -0.39 is 0 Å². The summed E-state index contributed by atoms with van der Waals surface area (Å²) in [6.07, 6.45) is 18.1. The highest BCUT2D eigenvalue weighted by molar-refractivity contribution is 5.69. The smallest absolute Gasteiger partial charge is 0.305 e. The second-order valence-electron chi connectivity index (χ2n) is 9.27. The largest absolute Gasteiger partial charge is 0.463 e. The van der Waals surface area contributed by atoms with Crippen LogP contribution in [0.2, 0.25) is 0 Å². The van der Waals surface area contributed by atoms with Gasteiger partial charge in [0.05, 0.1) is 59.5 Å². The van der Waals surface area contributed by atoms with Gasteiger partial charge in [-0.15, -0.1) is 0 Å². The summed E-state index contributed by atoms with van der Waals surface area (Å²) in [6.45, 7) is 10.4. The summed E-state index contributed by atoms with van der Waals surface area (Å²) < 4.78 is 32.6. The summed E-state index contributed by atoms with van der Waals surface area (Å²) in [5, 5.41) is 0. The average Bonchev–Trinajstić information content (AvgIpc) is 2.88. The highest BCUT2D eigenvalue weighted by Gasteiger charge is 2.02. The Morgan fingerprint density at radius 3 is 1.17 bits per heavy atom. The molecule has 7 nitrogen and oxygen atoms in total. The Bertz CT molecular complexity index is 420. The van der Waals surface area contributed by atoms with Crippen molar-refractivity contribution in [3.8, 4) is 0 Å². The Balaban J connectivity index is 3.09. The van der Waals surface area contributed by atoms with Crippen LogP contribution in [0.3, 0.4) is 0 Å². The molecule has 7 heteroatoms. The Labute approximate surface area is 222 Å². The number of esters is 1. The third-order valence-electron chi connectivity index (χ3n) is 5.86. The van der Waals surface area contributed by atoms with Crippen molar-refractivity contribution >= 4 is 5.97 Å². The van der Waals surface area contributed by atoms with Crippen molar-refractivity contribution in [2.24, 2.45) is 0 Å².